The van der Waals surface area contributed by atoms with Gasteiger partial charge in [-0.2, -0.15) is 0 Å². The highest BCUT2D eigenvalue weighted by Gasteiger charge is 2.30. The van der Waals surface area contributed by atoms with Crippen molar-refractivity contribution in [3.63, 3.8) is 0 Å². The fraction of sp³-hybridized carbons (Fsp3) is 0.600. The first-order valence-electron chi connectivity index (χ1n) is 6.63. The van der Waals surface area contributed by atoms with Crippen LogP contribution in [0.1, 0.15) is 39.2 Å². The van der Waals surface area contributed by atoms with Crippen molar-refractivity contribution >= 4 is 9.84 Å². The van der Waals surface area contributed by atoms with Gasteiger partial charge >= 0.3 is 0 Å². The lowest BCUT2D eigenvalue weighted by molar-refractivity contribution is 0.443. The van der Waals surface area contributed by atoms with Gasteiger partial charge < -0.3 is 5.32 Å². The summed E-state index contributed by atoms with van der Waals surface area (Å²) in [7, 11) is -3.05. The van der Waals surface area contributed by atoms with Crippen LogP contribution < -0.4 is 5.32 Å². The molecule has 0 fully saturated rings. The van der Waals surface area contributed by atoms with E-state index in [0.717, 1.165) is 0 Å². The first kappa shape index (κ1) is 16.2. The van der Waals surface area contributed by atoms with Crippen LogP contribution in [-0.4, -0.2) is 32.0 Å². The van der Waals surface area contributed by atoms with Crippen LogP contribution in [0, 0.1) is 0 Å². The van der Waals surface area contributed by atoms with Crippen LogP contribution in [0.3, 0.4) is 0 Å². The lowest BCUT2D eigenvalue weighted by atomic mass is 9.94. The molecule has 0 aliphatic carbocycles. The highest BCUT2D eigenvalue weighted by atomic mass is 32.2. The van der Waals surface area contributed by atoms with Gasteiger partial charge in [0.25, 0.3) is 0 Å². The molecule has 0 saturated heterocycles. The molecule has 0 aromatic heterocycles. The first-order chi connectivity index (χ1) is 8.65. The number of sulfone groups is 1. The quantitative estimate of drug-likeness (QED) is 0.873. The van der Waals surface area contributed by atoms with Crippen LogP contribution in [0.5, 0.6) is 0 Å². The molecule has 4 heteroatoms. The second kappa shape index (κ2) is 6.06. The summed E-state index contributed by atoms with van der Waals surface area (Å²) in [6, 6.07) is 10.5. The van der Waals surface area contributed by atoms with Crippen LogP contribution >= 0.6 is 0 Å². The van der Waals surface area contributed by atoms with Gasteiger partial charge in [-0.15, -0.1) is 0 Å². The SMILES string of the molecule is C[C@H](c1ccccc1)[C@@H](C)NCC(C)(C)S(C)(=O)=O. The Morgan fingerprint density at radius 1 is 1.16 bits per heavy atom. The van der Waals surface area contributed by atoms with Gasteiger partial charge in [-0.25, -0.2) is 8.42 Å². The molecular formula is C15H25NO2S. The van der Waals surface area contributed by atoms with E-state index in [1.807, 2.05) is 18.2 Å². The van der Waals surface area contributed by atoms with Gasteiger partial charge in [0.05, 0.1) is 4.75 Å². The average molecular weight is 283 g/mol. The third kappa shape index (κ3) is 4.32. The molecule has 19 heavy (non-hydrogen) atoms. The van der Waals surface area contributed by atoms with Crippen molar-refractivity contribution in [1.82, 2.24) is 5.32 Å². The molecule has 0 bridgehead atoms. The van der Waals surface area contributed by atoms with Crippen LogP contribution in [0.2, 0.25) is 0 Å². The fourth-order valence-corrected chi connectivity index (χ4v) is 2.11. The third-order valence-corrected chi connectivity index (χ3v) is 6.08. The summed E-state index contributed by atoms with van der Waals surface area (Å²) < 4.78 is 22.6. The zero-order valence-electron chi connectivity index (χ0n) is 12.5. The van der Waals surface area contributed by atoms with Gasteiger partial charge in [0.15, 0.2) is 9.84 Å². The van der Waals surface area contributed by atoms with E-state index in [9.17, 15) is 8.42 Å². The Bertz CT molecular complexity index is 494. The Hall–Kier alpha value is -0.870. The molecule has 0 saturated carbocycles. The molecule has 2 atom stereocenters. The van der Waals surface area contributed by atoms with Crippen LogP contribution in [0.25, 0.3) is 0 Å². The van der Waals surface area contributed by atoms with E-state index in [2.05, 4.69) is 31.3 Å². The van der Waals surface area contributed by atoms with Gasteiger partial charge in [0.1, 0.15) is 0 Å². The predicted octanol–water partition coefficient (Wildman–Crippen LogP) is 2.59. The number of hydrogen-bond donors (Lipinski definition) is 1. The molecule has 0 heterocycles. The van der Waals surface area contributed by atoms with Gasteiger partial charge in [0, 0.05) is 18.8 Å². The van der Waals surface area contributed by atoms with Crippen LogP contribution in [0.15, 0.2) is 30.3 Å². The van der Waals surface area contributed by atoms with E-state index >= 15 is 0 Å². The number of rotatable bonds is 6. The molecule has 0 spiro atoms. The number of benzene rings is 1. The van der Waals surface area contributed by atoms with E-state index in [1.54, 1.807) is 13.8 Å². The minimum atomic E-state index is -3.05. The van der Waals surface area contributed by atoms with E-state index in [4.69, 9.17) is 0 Å². The molecule has 0 aliphatic heterocycles. The fourth-order valence-electron chi connectivity index (χ4n) is 1.76. The summed E-state index contributed by atoms with van der Waals surface area (Å²) in [5.74, 6) is 0.344. The highest BCUT2D eigenvalue weighted by molar-refractivity contribution is 7.92. The van der Waals surface area contributed by atoms with E-state index < -0.39 is 14.6 Å². The lowest BCUT2D eigenvalue weighted by Gasteiger charge is -2.28. The van der Waals surface area contributed by atoms with Crippen molar-refractivity contribution < 1.29 is 8.42 Å². The largest absolute Gasteiger partial charge is 0.312 e. The van der Waals surface area contributed by atoms with Gasteiger partial charge in [-0.3, -0.25) is 0 Å². The van der Waals surface area contributed by atoms with Crippen molar-refractivity contribution in [1.29, 1.82) is 0 Å². The number of nitrogens with one attached hydrogen (secondary N) is 1. The van der Waals surface area contributed by atoms with Gasteiger partial charge in [0.2, 0.25) is 0 Å². The Kier molecular flexibility index (Phi) is 5.16. The minimum absolute atomic E-state index is 0.225. The molecule has 1 aromatic rings. The number of hydrogen-bond acceptors (Lipinski definition) is 3. The van der Waals surface area contributed by atoms with Crippen molar-refractivity contribution in [2.24, 2.45) is 0 Å². The lowest BCUT2D eigenvalue weighted by Crippen LogP contribution is -2.45. The molecule has 1 rings (SSSR count). The van der Waals surface area contributed by atoms with E-state index in [-0.39, 0.29) is 6.04 Å². The molecule has 0 radical (unpaired) electrons. The standard InChI is InChI=1S/C15H25NO2S/c1-12(14-9-7-6-8-10-14)13(2)16-11-15(3,4)19(5,17)18/h6-10,12-13,16H,11H2,1-5H3/t12-,13+/m0/s1. The second-order valence-corrected chi connectivity index (χ2v) is 8.55. The first-order valence-corrected chi connectivity index (χ1v) is 8.52. The summed E-state index contributed by atoms with van der Waals surface area (Å²) in [5, 5.41) is 3.35. The monoisotopic (exact) mass is 283 g/mol. The Morgan fingerprint density at radius 2 is 1.68 bits per heavy atom. The molecular weight excluding hydrogens is 258 g/mol. The van der Waals surface area contributed by atoms with Crippen molar-refractivity contribution in [3.8, 4) is 0 Å². The molecule has 0 unspecified atom stereocenters. The summed E-state index contributed by atoms with van der Waals surface area (Å²) in [6.45, 7) is 8.23. The third-order valence-electron chi connectivity index (χ3n) is 3.93. The maximum absolute atomic E-state index is 11.7. The van der Waals surface area contributed by atoms with E-state index in [1.165, 1.54) is 11.8 Å². The second-order valence-electron chi connectivity index (χ2n) is 5.90. The van der Waals surface area contributed by atoms with Crippen LogP contribution in [-0.2, 0) is 9.84 Å². The van der Waals surface area contributed by atoms with Gasteiger partial charge in [-0.05, 0) is 32.3 Å². The zero-order chi connectivity index (χ0) is 14.7. The zero-order valence-corrected chi connectivity index (χ0v) is 13.3. The molecule has 1 aromatic carbocycles. The Labute approximate surface area is 117 Å². The van der Waals surface area contributed by atoms with Gasteiger partial charge in [-0.1, -0.05) is 37.3 Å². The van der Waals surface area contributed by atoms with Crippen molar-refractivity contribution in [3.05, 3.63) is 35.9 Å². The molecule has 108 valence electrons. The molecule has 0 amide bonds. The Balaban J connectivity index is 2.64. The topological polar surface area (TPSA) is 46.2 Å². The predicted molar refractivity (Wildman–Crippen MR) is 81.2 cm³/mol. The summed E-state index contributed by atoms with van der Waals surface area (Å²) in [5.41, 5.74) is 1.26. The molecule has 1 N–H and O–H groups in total. The summed E-state index contributed by atoms with van der Waals surface area (Å²) in [4.78, 5) is 0. The maximum Gasteiger partial charge on any atom is 0.153 e. The summed E-state index contributed by atoms with van der Waals surface area (Å²) >= 11 is 0. The molecule has 0 aliphatic rings. The highest BCUT2D eigenvalue weighted by Crippen LogP contribution is 2.20. The van der Waals surface area contributed by atoms with E-state index in [0.29, 0.717) is 12.5 Å². The van der Waals surface area contributed by atoms with Crippen molar-refractivity contribution in [2.45, 2.75) is 44.4 Å². The smallest absolute Gasteiger partial charge is 0.153 e. The average Bonchev–Trinajstić information content (AvgIpc) is 2.35. The normalized spacial score (nSPS) is 16.1. The summed E-state index contributed by atoms with van der Waals surface area (Å²) in [6.07, 6.45) is 1.29. The maximum atomic E-state index is 11.7. The Morgan fingerprint density at radius 3 is 2.16 bits per heavy atom. The van der Waals surface area contributed by atoms with Crippen LogP contribution in [0.4, 0.5) is 0 Å². The molecule has 3 nitrogen and oxygen atoms in total. The van der Waals surface area contributed by atoms with Crippen molar-refractivity contribution in [2.75, 3.05) is 12.8 Å². The minimum Gasteiger partial charge on any atom is -0.312 e.